The smallest absolute Gasteiger partial charge is 0.423 e. The van der Waals surface area contributed by atoms with Crippen LogP contribution in [0.4, 0.5) is 0 Å². The highest BCUT2D eigenvalue weighted by atomic mass is 32.2. The molecule has 0 aliphatic carbocycles. The lowest BCUT2D eigenvalue weighted by molar-refractivity contribution is -0.129. The van der Waals surface area contributed by atoms with E-state index in [0.717, 1.165) is 15.1 Å². The predicted octanol–water partition coefficient (Wildman–Crippen LogP) is 0.728. The number of hydroxylamine groups is 1. The summed E-state index contributed by atoms with van der Waals surface area (Å²) in [5.41, 5.74) is 4.89. The monoisotopic (exact) mass is 483 g/mol. The van der Waals surface area contributed by atoms with Gasteiger partial charge in [0.05, 0.1) is 11.5 Å². The number of amides is 1. The van der Waals surface area contributed by atoms with Crippen LogP contribution in [-0.4, -0.2) is 54.5 Å². The number of hydrogen-bond donors (Lipinski definition) is 3. The average Bonchev–Trinajstić information content (AvgIpc) is 3.28. The maximum Gasteiger partial charge on any atom is 0.488 e. The SMILES string of the molecule is CN(C)Cc1ccc(S(=O)(=O)n2ccc(/C=C/C(=O)NOCc3ccc(B(O)O)cc3)c2)cc1. The molecule has 1 heterocycles. The van der Waals surface area contributed by atoms with Gasteiger partial charge in [-0.2, -0.15) is 0 Å². The summed E-state index contributed by atoms with van der Waals surface area (Å²) in [5.74, 6) is -0.519. The number of rotatable bonds is 10. The molecule has 0 fully saturated rings. The van der Waals surface area contributed by atoms with Crippen molar-refractivity contribution >= 4 is 34.6 Å². The molecule has 9 nitrogen and oxygen atoms in total. The summed E-state index contributed by atoms with van der Waals surface area (Å²) < 4.78 is 26.8. The third kappa shape index (κ3) is 6.89. The Morgan fingerprint density at radius 1 is 1.06 bits per heavy atom. The lowest BCUT2D eigenvalue weighted by Crippen LogP contribution is -2.29. The van der Waals surface area contributed by atoms with Crippen molar-refractivity contribution in [3.05, 3.63) is 89.8 Å². The van der Waals surface area contributed by atoms with Crippen molar-refractivity contribution in [2.24, 2.45) is 0 Å². The fourth-order valence-electron chi connectivity index (χ4n) is 3.08. The maximum absolute atomic E-state index is 12.9. The van der Waals surface area contributed by atoms with Gasteiger partial charge < -0.3 is 14.9 Å². The van der Waals surface area contributed by atoms with Crippen LogP contribution in [0.25, 0.3) is 6.08 Å². The van der Waals surface area contributed by atoms with E-state index in [0.29, 0.717) is 17.6 Å². The molecule has 11 heteroatoms. The molecule has 34 heavy (non-hydrogen) atoms. The van der Waals surface area contributed by atoms with Crippen LogP contribution in [0, 0.1) is 0 Å². The van der Waals surface area contributed by atoms with Gasteiger partial charge in [0.15, 0.2) is 0 Å². The van der Waals surface area contributed by atoms with Crippen LogP contribution in [0.2, 0.25) is 0 Å². The Kier molecular flexibility index (Phi) is 8.43. The molecule has 0 aliphatic heterocycles. The molecule has 0 atom stereocenters. The Labute approximate surface area is 199 Å². The number of carbonyl (C=O) groups is 1. The summed E-state index contributed by atoms with van der Waals surface area (Å²) in [7, 11) is -1.40. The molecule has 3 aromatic rings. The van der Waals surface area contributed by atoms with Crippen molar-refractivity contribution in [2.75, 3.05) is 14.1 Å². The van der Waals surface area contributed by atoms with E-state index in [1.165, 1.54) is 24.5 Å². The molecule has 0 spiro atoms. The van der Waals surface area contributed by atoms with Crippen LogP contribution < -0.4 is 10.9 Å². The molecule has 1 aromatic heterocycles. The van der Waals surface area contributed by atoms with Gasteiger partial charge in [-0.1, -0.05) is 36.4 Å². The Balaban J connectivity index is 1.54. The van der Waals surface area contributed by atoms with Crippen LogP contribution in [0.15, 0.2) is 78.0 Å². The molecule has 0 saturated heterocycles. The van der Waals surface area contributed by atoms with E-state index >= 15 is 0 Å². The minimum atomic E-state index is -3.74. The fourth-order valence-corrected chi connectivity index (χ4v) is 4.28. The van der Waals surface area contributed by atoms with E-state index in [2.05, 4.69) is 5.48 Å². The Hall–Kier alpha value is -3.22. The maximum atomic E-state index is 12.9. The van der Waals surface area contributed by atoms with Crippen molar-refractivity contribution < 1.29 is 28.1 Å². The Bertz CT molecular complexity index is 1240. The van der Waals surface area contributed by atoms with Gasteiger partial charge >= 0.3 is 7.12 Å². The Morgan fingerprint density at radius 3 is 2.32 bits per heavy atom. The van der Waals surface area contributed by atoms with Gasteiger partial charge in [-0.3, -0.25) is 9.63 Å². The molecule has 3 rings (SSSR count). The third-order valence-corrected chi connectivity index (χ3v) is 6.45. The zero-order valence-corrected chi connectivity index (χ0v) is 19.6. The second kappa shape index (κ2) is 11.3. The standard InChI is InChI=1S/C23H26BN3O6S/c1-26(2)15-18-5-10-22(11-6-18)34(31,32)27-14-13-19(16-27)7-12-23(28)25-33-17-20-3-8-21(9-4-20)24(29)30/h3-14,16,29-30H,15,17H2,1-2H3,(H,25,28)/b12-7+. The molecule has 3 N–H and O–H groups in total. The lowest BCUT2D eigenvalue weighted by Gasteiger charge is -2.10. The largest absolute Gasteiger partial charge is 0.488 e. The third-order valence-electron chi connectivity index (χ3n) is 4.80. The minimum absolute atomic E-state index is 0.0866. The first-order chi connectivity index (χ1) is 16.1. The van der Waals surface area contributed by atoms with Crippen LogP contribution in [0.1, 0.15) is 16.7 Å². The zero-order valence-electron chi connectivity index (χ0n) is 18.8. The number of carbonyl (C=O) groups excluding carboxylic acids is 1. The predicted molar refractivity (Wildman–Crippen MR) is 129 cm³/mol. The van der Waals surface area contributed by atoms with E-state index in [1.54, 1.807) is 54.6 Å². The molecule has 0 bridgehead atoms. The normalized spacial score (nSPS) is 11.8. The summed E-state index contributed by atoms with van der Waals surface area (Å²) >= 11 is 0. The molecule has 2 aromatic carbocycles. The molecule has 1 amide bonds. The van der Waals surface area contributed by atoms with Gasteiger partial charge in [-0.25, -0.2) is 17.9 Å². The summed E-state index contributed by atoms with van der Waals surface area (Å²) in [6, 6.07) is 14.7. The van der Waals surface area contributed by atoms with Crippen molar-refractivity contribution in [1.82, 2.24) is 14.4 Å². The van der Waals surface area contributed by atoms with Crippen LogP contribution in [0.5, 0.6) is 0 Å². The van der Waals surface area contributed by atoms with Crippen molar-refractivity contribution in [1.29, 1.82) is 0 Å². The molecule has 0 saturated carbocycles. The van der Waals surface area contributed by atoms with E-state index < -0.39 is 23.0 Å². The quantitative estimate of drug-likeness (QED) is 0.221. The summed E-state index contributed by atoms with van der Waals surface area (Å²) in [6.07, 6.45) is 5.55. The first kappa shape index (κ1) is 25.4. The highest BCUT2D eigenvalue weighted by molar-refractivity contribution is 7.90. The van der Waals surface area contributed by atoms with Gasteiger partial charge in [-0.05, 0) is 60.5 Å². The van der Waals surface area contributed by atoms with Gasteiger partial charge in [0.25, 0.3) is 15.9 Å². The zero-order chi connectivity index (χ0) is 24.7. The second-order valence-corrected chi connectivity index (χ2v) is 9.71. The van der Waals surface area contributed by atoms with E-state index in [4.69, 9.17) is 14.9 Å². The fraction of sp³-hybridized carbons (Fsp3) is 0.174. The highest BCUT2D eigenvalue weighted by Gasteiger charge is 2.16. The van der Waals surface area contributed by atoms with Gasteiger partial charge in [-0.15, -0.1) is 0 Å². The number of aromatic nitrogens is 1. The molecule has 0 unspecified atom stereocenters. The number of benzene rings is 2. The molecular weight excluding hydrogens is 457 g/mol. The van der Waals surface area contributed by atoms with Crippen molar-refractivity contribution in [3.8, 4) is 0 Å². The summed E-state index contributed by atoms with van der Waals surface area (Å²) in [4.78, 5) is 19.3. The minimum Gasteiger partial charge on any atom is -0.423 e. The molecule has 0 radical (unpaired) electrons. The average molecular weight is 483 g/mol. The topological polar surface area (TPSA) is 121 Å². The second-order valence-electron chi connectivity index (χ2n) is 7.87. The summed E-state index contributed by atoms with van der Waals surface area (Å²) in [5, 5.41) is 18.2. The van der Waals surface area contributed by atoms with E-state index in [1.807, 2.05) is 19.0 Å². The number of hydrogen-bond acceptors (Lipinski definition) is 7. The molecule has 178 valence electrons. The van der Waals surface area contributed by atoms with Crippen molar-refractivity contribution in [3.63, 3.8) is 0 Å². The first-order valence-electron chi connectivity index (χ1n) is 10.4. The Morgan fingerprint density at radius 2 is 1.71 bits per heavy atom. The van der Waals surface area contributed by atoms with E-state index in [9.17, 15) is 13.2 Å². The number of nitrogens with one attached hydrogen (secondary N) is 1. The van der Waals surface area contributed by atoms with Gasteiger partial charge in [0.2, 0.25) is 0 Å². The van der Waals surface area contributed by atoms with Crippen LogP contribution in [0.3, 0.4) is 0 Å². The lowest BCUT2D eigenvalue weighted by atomic mass is 9.80. The van der Waals surface area contributed by atoms with Gasteiger partial charge in [0.1, 0.15) is 0 Å². The summed E-state index contributed by atoms with van der Waals surface area (Å²) in [6.45, 7) is 0.800. The molecular formula is C23H26BN3O6S. The van der Waals surface area contributed by atoms with Crippen LogP contribution >= 0.6 is 0 Å². The highest BCUT2D eigenvalue weighted by Crippen LogP contribution is 2.17. The number of nitrogens with zero attached hydrogens (tertiary/aromatic N) is 2. The van der Waals surface area contributed by atoms with Crippen LogP contribution in [-0.2, 0) is 32.8 Å². The molecule has 0 aliphatic rings. The van der Waals surface area contributed by atoms with Crippen molar-refractivity contribution in [2.45, 2.75) is 18.0 Å². The first-order valence-corrected chi connectivity index (χ1v) is 11.8. The van der Waals surface area contributed by atoms with E-state index in [-0.39, 0.29) is 11.5 Å². The van der Waals surface area contributed by atoms with Gasteiger partial charge in [0, 0.05) is 25.0 Å².